The van der Waals surface area contributed by atoms with E-state index in [0.29, 0.717) is 12.2 Å². The van der Waals surface area contributed by atoms with Gasteiger partial charge in [-0.05, 0) is 18.6 Å². The van der Waals surface area contributed by atoms with Crippen molar-refractivity contribution in [2.24, 2.45) is 0 Å². The summed E-state index contributed by atoms with van der Waals surface area (Å²) >= 11 is 0. The maximum Gasteiger partial charge on any atom is 0.241 e. The number of methoxy groups -OCH3 is 1. The van der Waals surface area contributed by atoms with Crippen LogP contribution in [-0.2, 0) is 10.0 Å². The molecule has 0 aromatic heterocycles. The summed E-state index contributed by atoms with van der Waals surface area (Å²) in [6, 6.07) is 5.73. The Balaban J connectivity index is 2.96. The van der Waals surface area contributed by atoms with Crippen molar-refractivity contribution < 1.29 is 18.3 Å². The number of benzene rings is 1. The van der Waals surface area contributed by atoms with E-state index in [1.807, 2.05) is 0 Å². The Labute approximate surface area is 101 Å². The number of hydrogen-bond donors (Lipinski definition) is 2. The fourth-order valence-electron chi connectivity index (χ4n) is 1.31. The minimum Gasteiger partial charge on any atom is -0.497 e. The van der Waals surface area contributed by atoms with E-state index in [9.17, 15) is 8.42 Å². The van der Waals surface area contributed by atoms with Crippen LogP contribution in [0.4, 0.5) is 0 Å². The van der Waals surface area contributed by atoms with Gasteiger partial charge in [0.1, 0.15) is 5.75 Å². The molecule has 17 heavy (non-hydrogen) atoms. The normalized spacial score (nSPS) is 13.4. The molecule has 6 heteroatoms. The standard InChI is InChI=1S/C11H17NO4S/c1-3-9(8-13)12-17(14,15)11-6-4-5-10(7-11)16-2/h4-7,9,12-13H,3,8H2,1-2H3/t9-/m0/s1. The lowest BCUT2D eigenvalue weighted by atomic mass is 10.3. The monoisotopic (exact) mass is 259 g/mol. The van der Waals surface area contributed by atoms with E-state index < -0.39 is 16.1 Å². The molecule has 5 nitrogen and oxygen atoms in total. The van der Waals surface area contributed by atoms with E-state index in [1.165, 1.54) is 19.2 Å². The lowest BCUT2D eigenvalue weighted by molar-refractivity contribution is 0.254. The lowest BCUT2D eigenvalue weighted by Crippen LogP contribution is -2.36. The molecule has 96 valence electrons. The second kappa shape index (κ2) is 6.00. The fourth-order valence-corrected chi connectivity index (χ4v) is 2.65. The molecular formula is C11H17NO4S. The highest BCUT2D eigenvalue weighted by atomic mass is 32.2. The number of aliphatic hydroxyl groups is 1. The van der Waals surface area contributed by atoms with Crippen LogP contribution in [0.5, 0.6) is 5.75 Å². The van der Waals surface area contributed by atoms with Crippen LogP contribution < -0.4 is 9.46 Å². The number of aliphatic hydroxyl groups excluding tert-OH is 1. The molecule has 0 spiro atoms. The van der Waals surface area contributed by atoms with Crippen molar-refractivity contribution in [2.45, 2.75) is 24.3 Å². The van der Waals surface area contributed by atoms with Gasteiger partial charge in [-0.3, -0.25) is 0 Å². The molecular weight excluding hydrogens is 242 g/mol. The quantitative estimate of drug-likeness (QED) is 0.790. The summed E-state index contributed by atoms with van der Waals surface area (Å²) in [5, 5.41) is 8.99. The Bertz CT molecular complexity index is 454. The third-order valence-corrected chi connectivity index (χ3v) is 3.90. The number of nitrogens with one attached hydrogen (secondary N) is 1. The first-order chi connectivity index (χ1) is 8.03. The first kappa shape index (κ1) is 14.0. The Hall–Kier alpha value is -1.11. The summed E-state index contributed by atoms with van der Waals surface area (Å²) < 4.78 is 31.3. The van der Waals surface area contributed by atoms with Gasteiger partial charge in [-0.2, -0.15) is 0 Å². The van der Waals surface area contributed by atoms with Gasteiger partial charge < -0.3 is 9.84 Å². The molecule has 1 aromatic rings. The largest absolute Gasteiger partial charge is 0.497 e. The molecule has 0 fully saturated rings. The van der Waals surface area contributed by atoms with E-state index in [4.69, 9.17) is 9.84 Å². The fraction of sp³-hybridized carbons (Fsp3) is 0.455. The molecule has 1 aromatic carbocycles. The zero-order valence-corrected chi connectivity index (χ0v) is 10.7. The van der Waals surface area contributed by atoms with Crippen LogP contribution in [0.3, 0.4) is 0 Å². The molecule has 0 aliphatic rings. The molecule has 0 saturated heterocycles. The lowest BCUT2D eigenvalue weighted by Gasteiger charge is -2.14. The van der Waals surface area contributed by atoms with Crippen LogP contribution in [0.2, 0.25) is 0 Å². The Morgan fingerprint density at radius 2 is 2.18 bits per heavy atom. The van der Waals surface area contributed by atoms with Gasteiger partial charge in [-0.25, -0.2) is 13.1 Å². The third-order valence-electron chi connectivity index (χ3n) is 2.39. The molecule has 1 rings (SSSR count). The van der Waals surface area contributed by atoms with Gasteiger partial charge in [0.2, 0.25) is 10.0 Å². The molecule has 0 radical (unpaired) electrons. The number of hydrogen-bond acceptors (Lipinski definition) is 4. The number of sulfonamides is 1. The van der Waals surface area contributed by atoms with Gasteiger partial charge in [0, 0.05) is 12.1 Å². The van der Waals surface area contributed by atoms with Crippen molar-refractivity contribution in [1.29, 1.82) is 0 Å². The number of ether oxygens (including phenoxy) is 1. The highest BCUT2D eigenvalue weighted by molar-refractivity contribution is 7.89. The third kappa shape index (κ3) is 3.69. The van der Waals surface area contributed by atoms with E-state index in [1.54, 1.807) is 19.1 Å². The van der Waals surface area contributed by atoms with Gasteiger partial charge in [0.25, 0.3) is 0 Å². The first-order valence-corrected chi connectivity index (χ1v) is 6.79. The van der Waals surface area contributed by atoms with Crippen molar-refractivity contribution in [3.05, 3.63) is 24.3 Å². The van der Waals surface area contributed by atoms with Crippen LogP contribution in [0, 0.1) is 0 Å². The van der Waals surface area contributed by atoms with Crippen molar-refractivity contribution in [1.82, 2.24) is 4.72 Å². The second-order valence-electron chi connectivity index (χ2n) is 3.59. The van der Waals surface area contributed by atoms with Gasteiger partial charge >= 0.3 is 0 Å². The highest BCUT2D eigenvalue weighted by Crippen LogP contribution is 2.17. The van der Waals surface area contributed by atoms with Gasteiger partial charge in [0.05, 0.1) is 18.6 Å². The topological polar surface area (TPSA) is 75.6 Å². The average molecular weight is 259 g/mol. The minimum atomic E-state index is -3.61. The summed E-state index contributed by atoms with van der Waals surface area (Å²) in [5.41, 5.74) is 0. The van der Waals surface area contributed by atoms with Crippen LogP contribution in [0.25, 0.3) is 0 Å². The zero-order valence-electron chi connectivity index (χ0n) is 9.88. The Morgan fingerprint density at radius 1 is 1.47 bits per heavy atom. The molecule has 0 unspecified atom stereocenters. The summed E-state index contributed by atoms with van der Waals surface area (Å²) in [4.78, 5) is 0.128. The molecule has 0 aliphatic carbocycles. The van der Waals surface area contributed by atoms with Crippen LogP contribution >= 0.6 is 0 Å². The number of rotatable bonds is 6. The predicted octanol–water partition coefficient (Wildman–Crippen LogP) is 0.744. The average Bonchev–Trinajstić information content (AvgIpc) is 2.36. The van der Waals surface area contributed by atoms with E-state index >= 15 is 0 Å². The van der Waals surface area contributed by atoms with Gasteiger partial charge in [-0.1, -0.05) is 13.0 Å². The molecule has 0 bridgehead atoms. The van der Waals surface area contributed by atoms with Crippen molar-refractivity contribution in [2.75, 3.05) is 13.7 Å². The molecule has 0 amide bonds. The predicted molar refractivity (Wildman–Crippen MR) is 64.5 cm³/mol. The molecule has 0 saturated carbocycles. The smallest absolute Gasteiger partial charge is 0.241 e. The molecule has 2 N–H and O–H groups in total. The SMILES string of the molecule is CC[C@@H](CO)NS(=O)(=O)c1cccc(OC)c1. The van der Waals surface area contributed by atoms with Crippen molar-refractivity contribution >= 4 is 10.0 Å². The summed E-state index contributed by atoms with van der Waals surface area (Å²) in [7, 11) is -2.13. The maximum absolute atomic E-state index is 12.0. The van der Waals surface area contributed by atoms with Crippen molar-refractivity contribution in [3.8, 4) is 5.75 Å². The van der Waals surface area contributed by atoms with Crippen molar-refractivity contribution in [3.63, 3.8) is 0 Å². The van der Waals surface area contributed by atoms with Gasteiger partial charge in [0.15, 0.2) is 0 Å². The molecule has 0 heterocycles. The Morgan fingerprint density at radius 3 is 2.71 bits per heavy atom. The highest BCUT2D eigenvalue weighted by Gasteiger charge is 2.18. The summed E-state index contributed by atoms with van der Waals surface area (Å²) in [5.74, 6) is 0.477. The Kier molecular flexibility index (Phi) is 4.92. The minimum absolute atomic E-state index is 0.128. The van der Waals surface area contributed by atoms with Gasteiger partial charge in [-0.15, -0.1) is 0 Å². The van der Waals surface area contributed by atoms with E-state index in [2.05, 4.69) is 4.72 Å². The second-order valence-corrected chi connectivity index (χ2v) is 5.30. The van der Waals surface area contributed by atoms with E-state index in [-0.39, 0.29) is 11.5 Å². The zero-order chi connectivity index (χ0) is 12.9. The maximum atomic E-state index is 12.0. The molecule has 1 atom stereocenters. The summed E-state index contributed by atoms with van der Waals surface area (Å²) in [6.45, 7) is 1.58. The van der Waals surface area contributed by atoms with Crippen LogP contribution in [0.1, 0.15) is 13.3 Å². The van der Waals surface area contributed by atoms with Crippen LogP contribution in [0.15, 0.2) is 29.2 Å². The van der Waals surface area contributed by atoms with E-state index in [0.717, 1.165) is 0 Å². The van der Waals surface area contributed by atoms with Crippen LogP contribution in [-0.4, -0.2) is 33.3 Å². The first-order valence-electron chi connectivity index (χ1n) is 5.30. The summed E-state index contributed by atoms with van der Waals surface area (Å²) in [6.07, 6.45) is 0.527. The molecule has 0 aliphatic heterocycles.